The molecule has 0 amide bonds. The predicted molar refractivity (Wildman–Crippen MR) is 204 cm³/mol. The first kappa shape index (κ1) is 48.7. The van der Waals surface area contributed by atoms with Crippen molar-refractivity contribution in [3.63, 3.8) is 0 Å². The minimum absolute atomic E-state index is 0.101. The van der Waals surface area contributed by atoms with E-state index in [0.717, 1.165) is 38.5 Å². The summed E-state index contributed by atoms with van der Waals surface area (Å²) in [5.74, 6) is -1.13. The van der Waals surface area contributed by atoms with Gasteiger partial charge in [-0.05, 0) is 12.8 Å². The van der Waals surface area contributed by atoms with E-state index in [-0.39, 0.29) is 19.3 Å². The van der Waals surface area contributed by atoms with Crippen LogP contribution in [-0.4, -0.2) is 67.3 Å². The van der Waals surface area contributed by atoms with Gasteiger partial charge in [-0.25, -0.2) is 0 Å². The standard InChI is InChI=1S/C32H62O4S.C6H10O4S/c1-3-5-7-9-11-13-15-17-19-21-23-26-32(31(35)36,29-37-28-25-30(33)34)27-24-22-20-18-16-14-12-10-8-6-4-2;7-5(8)1-3-11-4-2-6(9)10/h3-29H2,1-2H3,(H,33,34)(H,35,36);1-4H2,(H,7,8)(H,9,10). The van der Waals surface area contributed by atoms with Gasteiger partial charge in [-0.15, -0.1) is 0 Å². The maximum atomic E-state index is 12.4. The van der Waals surface area contributed by atoms with Crippen LogP contribution in [0.5, 0.6) is 0 Å². The van der Waals surface area contributed by atoms with E-state index in [9.17, 15) is 24.3 Å². The molecule has 0 saturated heterocycles. The van der Waals surface area contributed by atoms with Crippen LogP contribution in [0, 0.1) is 5.41 Å². The van der Waals surface area contributed by atoms with Gasteiger partial charge in [0.2, 0.25) is 0 Å². The molecule has 48 heavy (non-hydrogen) atoms. The summed E-state index contributed by atoms with van der Waals surface area (Å²) in [6.07, 6.45) is 29.7. The Bertz CT molecular complexity index is 736. The van der Waals surface area contributed by atoms with Crippen molar-refractivity contribution in [2.75, 3.05) is 23.0 Å². The largest absolute Gasteiger partial charge is 0.481 e. The van der Waals surface area contributed by atoms with Crippen LogP contribution < -0.4 is 0 Å². The Morgan fingerprint density at radius 1 is 0.417 bits per heavy atom. The quantitative estimate of drug-likeness (QED) is 0.0460. The van der Waals surface area contributed by atoms with Crippen molar-refractivity contribution >= 4 is 47.4 Å². The number of carbonyl (C=O) groups is 4. The van der Waals surface area contributed by atoms with Crippen LogP contribution in [0.25, 0.3) is 0 Å². The fourth-order valence-corrected chi connectivity index (χ4v) is 7.76. The average Bonchev–Trinajstić information content (AvgIpc) is 3.03. The number of hydrogen-bond acceptors (Lipinski definition) is 6. The fourth-order valence-electron chi connectivity index (χ4n) is 5.65. The molecule has 0 aliphatic carbocycles. The average molecular weight is 721 g/mol. The van der Waals surface area contributed by atoms with Crippen LogP contribution in [0.15, 0.2) is 0 Å². The third-order valence-electron chi connectivity index (χ3n) is 8.73. The molecule has 0 radical (unpaired) electrons. The van der Waals surface area contributed by atoms with Crippen molar-refractivity contribution in [2.24, 2.45) is 5.41 Å². The first-order valence-corrected chi connectivity index (χ1v) is 21.5. The van der Waals surface area contributed by atoms with Crippen molar-refractivity contribution in [1.82, 2.24) is 0 Å². The summed E-state index contributed by atoms with van der Waals surface area (Å²) >= 11 is 2.87. The van der Waals surface area contributed by atoms with E-state index >= 15 is 0 Å². The minimum Gasteiger partial charge on any atom is -0.481 e. The molecular formula is C38H72O8S2. The molecule has 0 heterocycles. The van der Waals surface area contributed by atoms with E-state index < -0.39 is 29.3 Å². The summed E-state index contributed by atoms with van der Waals surface area (Å²) in [6, 6.07) is 0. The summed E-state index contributed by atoms with van der Waals surface area (Å²) in [7, 11) is 0. The van der Waals surface area contributed by atoms with Gasteiger partial charge in [0.05, 0.1) is 24.7 Å². The van der Waals surface area contributed by atoms with Crippen LogP contribution in [0.1, 0.15) is 187 Å². The number of rotatable bonds is 36. The van der Waals surface area contributed by atoms with Gasteiger partial charge in [-0.3, -0.25) is 19.2 Å². The second kappa shape index (κ2) is 36.9. The lowest BCUT2D eigenvalue weighted by Crippen LogP contribution is -2.34. The van der Waals surface area contributed by atoms with E-state index in [1.165, 1.54) is 139 Å². The van der Waals surface area contributed by atoms with E-state index in [1.54, 1.807) is 0 Å². The maximum Gasteiger partial charge on any atom is 0.310 e. The Morgan fingerprint density at radius 2 is 0.688 bits per heavy atom. The molecule has 0 aromatic carbocycles. The topological polar surface area (TPSA) is 149 Å². The predicted octanol–water partition coefficient (Wildman–Crippen LogP) is 11.3. The Hall–Kier alpha value is -1.42. The number of hydrogen-bond donors (Lipinski definition) is 4. The van der Waals surface area contributed by atoms with Gasteiger partial charge in [0, 0.05) is 23.0 Å². The number of aliphatic carboxylic acids is 4. The van der Waals surface area contributed by atoms with Crippen molar-refractivity contribution in [2.45, 2.75) is 187 Å². The highest BCUT2D eigenvalue weighted by molar-refractivity contribution is 7.99. The highest BCUT2D eigenvalue weighted by Crippen LogP contribution is 2.36. The molecular weight excluding hydrogens is 649 g/mol. The first-order valence-electron chi connectivity index (χ1n) is 19.2. The molecule has 8 nitrogen and oxygen atoms in total. The molecule has 4 N–H and O–H groups in total. The third-order valence-corrected chi connectivity index (χ3v) is 11.0. The molecule has 0 saturated carbocycles. The molecule has 0 atom stereocenters. The SMILES string of the molecule is CCCCCCCCCCCCCC(CCCCCCCCCCCCC)(CSCCC(=O)O)C(=O)O.O=C(O)CCSCCC(=O)O. The van der Waals surface area contributed by atoms with Gasteiger partial charge in [0.1, 0.15) is 0 Å². The number of carboxylic acids is 4. The summed E-state index contributed by atoms with van der Waals surface area (Å²) in [4.78, 5) is 43.3. The lowest BCUT2D eigenvalue weighted by Gasteiger charge is -2.29. The smallest absolute Gasteiger partial charge is 0.310 e. The van der Waals surface area contributed by atoms with Crippen molar-refractivity contribution in [1.29, 1.82) is 0 Å². The summed E-state index contributed by atoms with van der Waals surface area (Å²) in [6.45, 7) is 4.51. The molecule has 284 valence electrons. The van der Waals surface area contributed by atoms with Crippen LogP contribution in [-0.2, 0) is 19.2 Å². The van der Waals surface area contributed by atoms with Crippen LogP contribution >= 0.6 is 23.5 Å². The van der Waals surface area contributed by atoms with Crippen LogP contribution in [0.3, 0.4) is 0 Å². The zero-order valence-electron chi connectivity index (χ0n) is 30.7. The van der Waals surface area contributed by atoms with Gasteiger partial charge >= 0.3 is 23.9 Å². The Morgan fingerprint density at radius 3 is 0.958 bits per heavy atom. The van der Waals surface area contributed by atoms with Gasteiger partial charge in [-0.2, -0.15) is 23.5 Å². The molecule has 0 fully saturated rings. The number of thioether (sulfide) groups is 2. The monoisotopic (exact) mass is 720 g/mol. The zero-order chi connectivity index (χ0) is 36.1. The molecule has 0 aliphatic rings. The molecule has 0 rings (SSSR count). The van der Waals surface area contributed by atoms with Crippen molar-refractivity contribution in [3.8, 4) is 0 Å². The van der Waals surface area contributed by atoms with Gasteiger partial charge in [0.15, 0.2) is 0 Å². The molecule has 0 bridgehead atoms. The lowest BCUT2D eigenvalue weighted by molar-refractivity contribution is -0.148. The summed E-state index contributed by atoms with van der Waals surface area (Å²) in [5, 5.41) is 35.6. The van der Waals surface area contributed by atoms with Crippen LogP contribution in [0.2, 0.25) is 0 Å². The Balaban J connectivity index is 0. The molecule has 0 aromatic rings. The molecule has 0 aliphatic heterocycles. The molecule has 0 unspecified atom stereocenters. The second-order valence-corrected chi connectivity index (χ2v) is 15.6. The highest BCUT2D eigenvalue weighted by atomic mass is 32.2. The van der Waals surface area contributed by atoms with Gasteiger partial charge in [-0.1, -0.05) is 155 Å². The fraction of sp³-hybridized carbons (Fsp3) is 0.895. The number of carboxylic acid groups (broad SMARTS) is 4. The van der Waals surface area contributed by atoms with Crippen LogP contribution in [0.4, 0.5) is 0 Å². The third kappa shape index (κ3) is 35.9. The highest BCUT2D eigenvalue weighted by Gasteiger charge is 2.37. The zero-order valence-corrected chi connectivity index (χ0v) is 32.3. The summed E-state index contributed by atoms with van der Waals surface area (Å²) in [5.41, 5.74) is -0.693. The van der Waals surface area contributed by atoms with Gasteiger partial charge in [0.25, 0.3) is 0 Å². The second-order valence-electron chi connectivity index (χ2n) is 13.3. The van der Waals surface area contributed by atoms with E-state index in [0.29, 0.717) is 23.0 Å². The van der Waals surface area contributed by atoms with Gasteiger partial charge < -0.3 is 20.4 Å². The van der Waals surface area contributed by atoms with E-state index in [4.69, 9.17) is 15.3 Å². The lowest BCUT2D eigenvalue weighted by atomic mass is 9.79. The summed E-state index contributed by atoms with van der Waals surface area (Å²) < 4.78 is 0. The normalized spacial score (nSPS) is 11.2. The maximum absolute atomic E-state index is 12.4. The first-order chi connectivity index (χ1) is 23.1. The minimum atomic E-state index is -0.840. The Labute approximate surface area is 301 Å². The molecule has 0 aromatic heterocycles. The van der Waals surface area contributed by atoms with E-state index in [1.807, 2.05) is 0 Å². The Kier molecular flexibility index (Phi) is 37.4. The molecule has 10 heteroatoms. The van der Waals surface area contributed by atoms with Crippen molar-refractivity contribution < 1.29 is 39.6 Å². The van der Waals surface area contributed by atoms with E-state index in [2.05, 4.69) is 13.8 Å². The number of unbranched alkanes of at least 4 members (excludes halogenated alkanes) is 20. The van der Waals surface area contributed by atoms with Crippen molar-refractivity contribution in [3.05, 3.63) is 0 Å². The molecule has 0 spiro atoms.